The number of hydrogen-bond acceptors (Lipinski definition) is 6. The zero-order valence-electron chi connectivity index (χ0n) is 12.5. The molecule has 116 valence electrons. The van der Waals surface area contributed by atoms with E-state index in [4.69, 9.17) is 9.47 Å². The van der Waals surface area contributed by atoms with Crippen LogP contribution in [-0.4, -0.2) is 23.9 Å². The second-order valence-corrected chi connectivity index (χ2v) is 4.44. The summed E-state index contributed by atoms with van der Waals surface area (Å²) in [4.78, 5) is 0. The standard InChI is InChI=1S/C16H18N2O4/c1-3-22-14-6-4-12(5-7-14)17-18-13-8-11(10-19)16(20)15(9-13)21-2/h4-9,19-20H,3,10H2,1-2H3. The summed E-state index contributed by atoms with van der Waals surface area (Å²) >= 11 is 0. The minimum absolute atomic E-state index is 0.0926. The number of aliphatic hydroxyl groups is 1. The number of ether oxygens (including phenoxy) is 2. The van der Waals surface area contributed by atoms with Gasteiger partial charge in [-0.3, -0.25) is 0 Å². The van der Waals surface area contributed by atoms with E-state index in [9.17, 15) is 10.2 Å². The smallest absolute Gasteiger partial charge is 0.163 e. The Bertz CT molecular complexity index is 629. The molecule has 0 unspecified atom stereocenters. The number of hydrogen-bond donors (Lipinski definition) is 2. The van der Waals surface area contributed by atoms with Gasteiger partial charge in [-0.1, -0.05) is 0 Å². The topological polar surface area (TPSA) is 83.6 Å². The fourth-order valence-electron chi connectivity index (χ4n) is 1.87. The van der Waals surface area contributed by atoms with Crippen LogP contribution in [0.4, 0.5) is 11.4 Å². The van der Waals surface area contributed by atoms with Crippen LogP contribution in [0.2, 0.25) is 0 Å². The van der Waals surface area contributed by atoms with Crippen molar-refractivity contribution >= 4 is 11.4 Å². The molecule has 0 spiro atoms. The number of phenols is 1. The van der Waals surface area contributed by atoms with Gasteiger partial charge in [0.2, 0.25) is 0 Å². The highest BCUT2D eigenvalue weighted by Crippen LogP contribution is 2.35. The first-order chi connectivity index (χ1) is 10.7. The monoisotopic (exact) mass is 302 g/mol. The Kier molecular flexibility index (Phi) is 5.32. The highest BCUT2D eigenvalue weighted by molar-refractivity contribution is 5.56. The van der Waals surface area contributed by atoms with E-state index >= 15 is 0 Å². The van der Waals surface area contributed by atoms with Gasteiger partial charge in [0.25, 0.3) is 0 Å². The van der Waals surface area contributed by atoms with Gasteiger partial charge in [0.1, 0.15) is 5.75 Å². The van der Waals surface area contributed by atoms with Crippen LogP contribution in [0.15, 0.2) is 46.6 Å². The molecular weight excluding hydrogens is 284 g/mol. The Morgan fingerprint density at radius 3 is 2.32 bits per heavy atom. The molecule has 0 aliphatic carbocycles. The Labute approximate surface area is 128 Å². The molecule has 0 amide bonds. The van der Waals surface area contributed by atoms with E-state index in [-0.39, 0.29) is 18.1 Å². The molecule has 0 aliphatic rings. The maximum absolute atomic E-state index is 9.81. The largest absolute Gasteiger partial charge is 0.504 e. The summed E-state index contributed by atoms with van der Waals surface area (Å²) in [7, 11) is 1.43. The third-order valence-electron chi connectivity index (χ3n) is 2.96. The summed E-state index contributed by atoms with van der Waals surface area (Å²) in [6.45, 7) is 2.22. The van der Waals surface area contributed by atoms with Crippen LogP contribution in [-0.2, 0) is 6.61 Å². The van der Waals surface area contributed by atoms with Crippen molar-refractivity contribution in [3.63, 3.8) is 0 Å². The normalized spacial score (nSPS) is 10.9. The molecule has 0 saturated heterocycles. The lowest BCUT2D eigenvalue weighted by Crippen LogP contribution is -1.90. The third-order valence-corrected chi connectivity index (χ3v) is 2.96. The molecule has 2 aromatic rings. The molecule has 2 aromatic carbocycles. The lowest BCUT2D eigenvalue weighted by atomic mass is 10.1. The van der Waals surface area contributed by atoms with Crippen LogP contribution in [0.5, 0.6) is 17.2 Å². The van der Waals surface area contributed by atoms with Crippen molar-refractivity contribution in [1.82, 2.24) is 0 Å². The van der Waals surface area contributed by atoms with Crippen molar-refractivity contribution in [3.05, 3.63) is 42.0 Å². The highest BCUT2D eigenvalue weighted by atomic mass is 16.5. The fourth-order valence-corrected chi connectivity index (χ4v) is 1.87. The number of methoxy groups -OCH3 is 1. The molecule has 0 atom stereocenters. The Morgan fingerprint density at radius 1 is 1.05 bits per heavy atom. The van der Waals surface area contributed by atoms with Crippen LogP contribution in [0.1, 0.15) is 12.5 Å². The molecule has 0 aromatic heterocycles. The van der Waals surface area contributed by atoms with E-state index in [2.05, 4.69) is 10.2 Å². The molecule has 0 radical (unpaired) electrons. The number of aromatic hydroxyl groups is 1. The Balaban J connectivity index is 2.22. The van der Waals surface area contributed by atoms with Crippen LogP contribution in [0.25, 0.3) is 0 Å². The zero-order chi connectivity index (χ0) is 15.9. The molecule has 0 heterocycles. The lowest BCUT2D eigenvalue weighted by Gasteiger charge is -2.08. The first-order valence-electron chi connectivity index (χ1n) is 6.83. The van der Waals surface area contributed by atoms with Crippen molar-refractivity contribution in [2.45, 2.75) is 13.5 Å². The summed E-state index contributed by atoms with van der Waals surface area (Å²) in [6, 6.07) is 10.3. The summed E-state index contributed by atoms with van der Waals surface area (Å²) in [5.41, 5.74) is 1.48. The van der Waals surface area contributed by atoms with Crippen molar-refractivity contribution in [3.8, 4) is 17.2 Å². The predicted octanol–water partition coefficient (Wildman–Crippen LogP) is 3.71. The molecule has 0 aliphatic heterocycles. The molecule has 0 fully saturated rings. The van der Waals surface area contributed by atoms with Crippen molar-refractivity contribution in [2.24, 2.45) is 10.2 Å². The van der Waals surface area contributed by atoms with Crippen LogP contribution in [0.3, 0.4) is 0 Å². The van der Waals surface area contributed by atoms with Gasteiger partial charge in [-0.15, -0.1) is 0 Å². The summed E-state index contributed by atoms with van der Waals surface area (Å²) < 4.78 is 10.4. The number of benzene rings is 2. The molecule has 22 heavy (non-hydrogen) atoms. The average Bonchev–Trinajstić information content (AvgIpc) is 2.55. The van der Waals surface area contributed by atoms with E-state index in [0.29, 0.717) is 23.5 Å². The minimum Gasteiger partial charge on any atom is -0.504 e. The van der Waals surface area contributed by atoms with Crippen molar-refractivity contribution in [2.75, 3.05) is 13.7 Å². The molecule has 2 N–H and O–H groups in total. The molecule has 6 heteroatoms. The molecule has 2 rings (SSSR count). The predicted molar refractivity (Wildman–Crippen MR) is 82.4 cm³/mol. The fraction of sp³-hybridized carbons (Fsp3) is 0.250. The zero-order valence-corrected chi connectivity index (χ0v) is 12.5. The van der Waals surface area contributed by atoms with E-state index < -0.39 is 0 Å². The minimum atomic E-state index is -0.311. The number of nitrogens with zero attached hydrogens (tertiary/aromatic N) is 2. The van der Waals surface area contributed by atoms with Gasteiger partial charge in [-0.25, -0.2) is 0 Å². The summed E-state index contributed by atoms with van der Waals surface area (Å²) in [6.07, 6.45) is 0. The first kappa shape index (κ1) is 15.8. The third kappa shape index (κ3) is 3.73. The van der Waals surface area contributed by atoms with Crippen LogP contribution >= 0.6 is 0 Å². The van der Waals surface area contributed by atoms with E-state index in [1.807, 2.05) is 19.1 Å². The van der Waals surface area contributed by atoms with Crippen molar-refractivity contribution < 1.29 is 19.7 Å². The molecule has 0 saturated carbocycles. The SMILES string of the molecule is CCOc1ccc(N=Nc2cc(CO)c(O)c(OC)c2)cc1. The van der Waals surface area contributed by atoms with Crippen LogP contribution in [0, 0.1) is 0 Å². The number of rotatable bonds is 6. The van der Waals surface area contributed by atoms with Gasteiger partial charge in [-0.05, 0) is 37.3 Å². The summed E-state index contributed by atoms with van der Waals surface area (Å²) in [5, 5.41) is 27.2. The summed E-state index contributed by atoms with van der Waals surface area (Å²) in [5.74, 6) is 0.924. The number of azo groups is 1. The average molecular weight is 302 g/mol. The van der Waals surface area contributed by atoms with E-state index in [1.165, 1.54) is 7.11 Å². The van der Waals surface area contributed by atoms with Gasteiger partial charge in [0, 0.05) is 11.6 Å². The van der Waals surface area contributed by atoms with Gasteiger partial charge in [0.05, 0.1) is 31.7 Å². The Hall–Kier alpha value is -2.60. The molecular formula is C16H18N2O4. The second kappa shape index (κ2) is 7.42. The van der Waals surface area contributed by atoms with Crippen molar-refractivity contribution in [1.29, 1.82) is 0 Å². The maximum Gasteiger partial charge on any atom is 0.163 e. The van der Waals surface area contributed by atoms with E-state index in [0.717, 1.165) is 5.75 Å². The van der Waals surface area contributed by atoms with E-state index in [1.54, 1.807) is 24.3 Å². The van der Waals surface area contributed by atoms with Gasteiger partial charge >= 0.3 is 0 Å². The Morgan fingerprint density at radius 2 is 1.73 bits per heavy atom. The molecule has 0 bridgehead atoms. The quantitative estimate of drug-likeness (QED) is 0.797. The number of aliphatic hydroxyl groups excluding tert-OH is 1. The van der Waals surface area contributed by atoms with Gasteiger partial charge < -0.3 is 19.7 Å². The first-order valence-corrected chi connectivity index (χ1v) is 6.83. The van der Waals surface area contributed by atoms with Crippen LogP contribution < -0.4 is 9.47 Å². The molecule has 6 nitrogen and oxygen atoms in total. The maximum atomic E-state index is 9.81. The highest BCUT2D eigenvalue weighted by Gasteiger charge is 2.09. The second-order valence-electron chi connectivity index (χ2n) is 4.44. The van der Waals surface area contributed by atoms with Gasteiger partial charge in [0.15, 0.2) is 11.5 Å². The van der Waals surface area contributed by atoms with Gasteiger partial charge in [-0.2, -0.15) is 10.2 Å². The lowest BCUT2D eigenvalue weighted by molar-refractivity contribution is 0.272.